The maximum absolute atomic E-state index is 13.5. The van der Waals surface area contributed by atoms with Crippen LogP contribution in [0.2, 0.25) is 0 Å². The van der Waals surface area contributed by atoms with E-state index in [4.69, 9.17) is 0 Å². The minimum Gasteiger partial charge on any atom is -0.293 e. The molecule has 2 aromatic carbocycles. The second-order valence-corrected chi connectivity index (χ2v) is 8.36. The fourth-order valence-electron chi connectivity index (χ4n) is 3.12. The Morgan fingerprint density at radius 2 is 1.87 bits per heavy atom. The summed E-state index contributed by atoms with van der Waals surface area (Å²) in [6.45, 7) is 5.78. The third kappa shape index (κ3) is 3.66. The average molecular weight is 422 g/mol. The molecule has 0 radical (unpaired) electrons. The number of carbonyl (C=O) groups excluding carboxylic acids is 1. The van der Waals surface area contributed by atoms with Crippen LogP contribution >= 0.6 is 11.8 Å². The molecule has 30 heavy (non-hydrogen) atoms. The predicted molar refractivity (Wildman–Crippen MR) is 114 cm³/mol. The quantitative estimate of drug-likeness (QED) is 0.359. The summed E-state index contributed by atoms with van der Waals surface area (Å²) in [6.07, 6.45) is 3.17. The van der Waals surface area contributed by atoms with Crippen LogP contribution in [0.4, 0.5) is 4.39 Å². The first-order valence-corrected chi connectivity index (χ1v) is 10.2. The van der Waals surface area contributed by atoms with Gasteiger partial charge in [-0.3, -0.25) is 18.6 Å². The van der Waals surface area contributed by atoms with Gasteiger partial charge in [-0.05, 0) is 56.2 Å². The fourth-order valence-corrected chi connectivity index (χ4v) is 4.02. The number of aromatic nitrogens is 4. The molecule has 0 saturated carbocycles. The molecule has 0 aliphatic rings. The van der Waals surface area contributed by atoms with Crippen LogP contribution in [0.1, 0.15) is 28.4 Å². The van der Waals surface area contributed by atoms with Gasteiger partial charge in [0.2, 0.25) is 5.65 Å². The summed E-state index contributed by atoms with van der Waals surface area (Å²) in [5.41, 5.74) is 2.91. The van der Waals surface area contributed by atoms with Gasteiger partial charge in [-0.1, -0.05) is 30.0 Å². The van der Waals surface area contributed by atoms with Gasteiger partial charge in [-0.15, -0.1) is 10.2 Å². The topological polar surface area (TPSA) is 69.3 Å². The number of aryl methyl sites for hydroxylation is 2. The molecule has 0 spiro atoms. The lowest BCUT2D eigenvalue weighted by Gasteiger charge is -2.11. The number of halogens is 1. The predicted octanol–water partition coefficient (Wildman–Crippen LogP) is 4.00. The van der Waals surface area contributed by atoms with Crippen molar-refractivity contribution in [1.82, 2.24) is 19.2 Å². The van der Waals surface area contributed by atoms with Crippen molar-refractivity contribution in [2.75, 3.05) is 0 Å². The molecule has 4 aromatic rings. The van der Waals surface area contributed by atoms with Gasteiger partial charge in [0.15, 0.2) is 10.9 Å². The van der Waals surface area contributed by atoms with Gasteiger partial charge in [-0.2, -0.15) is 0 Å². The lowest BCUT2D eigenvalue weighted by molar-refractivity contribution is 0.0993. The van der Waals surface area contributed by atoms with Crippen LogP contribution in [0.25, 0.3) is 11.3 Å². The van der Waals surface area contributed by atoms with Gasteiger partial charge in [0.1, 0.15) is 5.82 Å². The molecular formula is C22H19FN4O2S. The van der Waals surface area contributed by atoms with E-state index in [-0.39, 0.29) is 11.4 Å². The third-order valence-electron chi connectivity index (χ3n) is 4.97. The van der Waals surface area contributed by atoms with Crippen LogP contribution in [0, 0.1) is 19.7 Å². The van der Waals surface area contributed by atoms with E-state index >= 15 is 0 Å². The van der Waals surface area contributed by atoms with E-state index in [2.05, 4.69) is 10.2 Å². The Morgan fingerprint density at radius 3 is 2.60 bits per heavy atom. The van der Waals surface area contributed by atoms with E-state index in [0.29, 0.717) is 16.4 Å². The maximum Gasteiger partial charge on any atom is 0.300 e. The number of ketones is 1. The largest absolute Gasteiger partial charge is 0.300 e. The number of carbonyl (C=O) groups is 1. The molecule has 2 heterocycles. The zero-order valence-electron chi connectivity index (χ0n) is 16.7. The van der Waals surface area contributed by atoms with Crippen molar-refractivity contribution in [3.05, 3.63) is 87.7 Å². The highest BCUT2D eigenvalue weighted by Gasteiger charge is 2.21. The van der Waals surface area contributed by atoms with E-state index in [1.54, 1.807) is 23.6 Å². The molecule has 8 heteroatoms. The summed E-state index contributed by atoms with van der Waals surface area (Å²) in [4.78, 5) is 25.6. The minimum absolute atomic E-state index is 0.0204. The first-order valence-electron chi connectivity index (χ1n) is 9.35. The van der Waals surface area contributed by atoms with Crippen LogP contribution in [0.15, 0.2) is 64.8 Å². The first-order chi connectivity index (χ1) is 14.3. The number of thioether (sulfide) groups is 1. The van der Waals surface area contributed by atoms with Gasteiger partial charge in [0.05, 0.1) is 10.9 Å². The Morgan fingerprint density at radius 1 is 1.07 bits per heavy atom. The molecule has 1 unspecified atom stereocenters. The lowest BCUT2D eigenvalue weighted by atomic mass is 10.0. The number of rotatable bonds is 5. The SMILES string of the molecule is Cc1ccc(C(=O)C(C)Sc2nnc3c(=O)n(-c4cccc(F)c4)ccn23)cc1C. The summed E-state index contributed by atoms with van der Waals surface area (Å²) in [5, 5.41) is 8.11. The van der Waals surface area contributed by atoms with Crippen molar-refractivity contribution in [2.45, 2.75) is 31.2 Å². The van der Waals surface area contributed by atoms with Crippen LogP contribution in [-0.2, 0) is 0 Å². The Balaban J connectivity index is 1.64. The van der Waals surface area contributed by atoms with Crippen molar-refractivity contribution >= 4 is 23.2 Å². The minimum atomic E-state index is -0.435. The molecule has 152 valence electrons. The zero-order valence-corrected chi connectivity index (χ0v) is 17.5. The second kappa shape index (κ2) is 7.87. The Bertz CT molecular complexity index is 1330. The van der Waals surface area contributed by atoms with Crippen LogP contribution in [0.5, 0.6) is 0 Å². The molecule has 4 rings (SSSR count). The number of nitrogens with zero attached hydrogens (tertiary/aromatic N) is 4. The standard InChI is InChI=1S/C22H19FN4O2S/c1-13-7-8-16(11-14(13)2)19(28)15(3)30-22-25-24-20-21(29)26(9-10-27(20)22)18-6-4-5-17(23)12-18/h4-12,15H,1-3H3. The first kappa shape index (κ1) is 20.0. The highest BCUT2D eigenvalue weighted by molar-refractivity contribution is 8.00. The lowest BCUT2D eigenvalue weighted by Crippen LogP contribution is -2.20. The maximum atomic E-state index is 13.5. The highest BCUT2D eigenvalue weighted by atomic mass is 32.2. The highest BCUT2D eigenvalue weighted by Crippen LogP contribution is 2.25. The van der Waals surface area contributed by atoms with Crippen molar-refractivity contribution in [3.8, 4) is 5.69 Å². The van der Waals surface area contributed by atoms with E-state index in [1.165, 1.54) is 40.7 Å². The molecule has 1 atom stereocenters. The summed E-state index contributed by atoms with van der Waals surface area (Å²) in [7, 11) is 0. The normalized spacial score (nSPS) is 12.3. The van der Waals surface area contributed by atoms with Crippen molar-refractivity contribution in [3.63, 3.8) is 0 Å². The molecule has 6 nitrogen and oxygen atoms in total. The molecule has 0 saturated heterocycles. The number of hydrogen-bond donors (Lipinski definition) is 0. The van der Waals surface area contributed by atoms with Gasteiger partial charge < -0.3 is 0 Å². The van der Waals surface area contributed by atoms with Crippen LogP contribution in [-0.4, -0.2) is 30.2 Å². The van der Waals surface area contributed by atoms with Crippen molar-refractivity contribution < 1.29 is 9.18 Å². The molecule has 0 amide bonds. The van der Waals surface area contributed by atoms with Crippen molar-refractivity contribution in [1.29, 1.82) is 0 Å². The molecule has 2 aromatic heterocycles. The van der Waals surface area contributed by atoms with Crippen LogP contribution < -0.4 is 5.56 Å². The monoisotopic (exact) mass is 422 g/mol. The molecule has 0 bridgehead atoms. The smallest absolute Gasteiger partial charge is 0.293 e. The Kier molecular flexibility index (Phi) is 5.26. The number of Topliss-reactive ketones (excluding diaryl/α,β-unsaturated/α-hetero) is 1. The van der Waals surface area contributed by atoms with Gasteiger partial charge in [0, 0.05) is 18.0 Å². The van der Waals surface area contributed by atoms with Gasteiger partial charge in [0.25, 0.3) is 0 Å². The Labute approximate surface area is 176 Å². The van der Waals surface area contributed by atoms with E-state index in [9.17, 15) is 14.0 Å². The molecular weight excluding hydrogens is 403 g/mol. The van der Waals surface area contributed by atoms with Gasteiger partial charge >= 0.3 is 5.56 Å². The summed E-state index contributed by atoms with van der Waals surface area (Å²) >= 11 is 1.24. The summed E-state index contributed by atoms with van der Waals surface area (Å²) < 4.78 is 16.4. The number of benzene rings is 2. The number of hydrogen-bond acceptors (Lipinski definition) is 5. The van der Waals surface area contributed by atoms with Crippen LogP contribution in [0.3, 0.4) is 0 Å². The number of fused-ring (bicyclic) bond motifs is 1. The molecule has 0 fully saturated rings. The van der Waals surface area contributed by atoms with E-state index in [0.717, 1.165) is 11.1 Å². The van der Waals surface area contributed by atoms with E-state index < -0.39 is 16.6 Å². The second-order valence-electron chi connectivity index (χ2n) is 7.05. The fraction of sp³-hybridized carbons (Fsp3) is 0.182. The van der Waals surface area contributed by atoms with Gasteiger partial charge in [-0.25, -0.2) is 4.39 Å². The van der Waals surface area contributed by atoms with Crippen molar-refractivity contribution in [2.24, 2.45) is 0 Å². The molecule has 0 N–H and O–H groups in total. The molecule has 0 aliphatic heterocycles. The Hall–Kier alpha value is -3.26. The average Bonchev–Trinajstić information content (AvgIpc) is 3.13. The third-order valence-corrected chi connectivity index (χ3v) is 6.03. The zero-order chi connectivity index (χ0) is 21.4. The summed E-state index contributed by atoms with van der Waals surface area (Å²) in [5.74, 6) is -0.455. The summed E-state index contributed by atoms with van der Waals surface area (Å²) in [6, 6.07) is 11.4. The molecule has 0 aliphatic carbocycles. The van der Waals surface area contributed by atoms with E-state index in [1.807, 2.05) is 32.0 Å².